The summed E-state index contributed by atoms with van der Waals surface area (Å²) < 4.78 is 33.4. The van der Waals surface area contributed by atoms with Crippen molar-refractivity contribution in [2.75, 3.05) is 32.5 Å². The van der Waals surface area contributed by atoms with E-state index in [2.05, 4.69) is 10.5 Å². The van der Waals surface area contributed by atoms with Crippen molar-refractivity contribution >= 4 is 39.3 Å². The van der Waals surface area contributed by atoms with E-state index in [4.69, 9.17) is 16.1 Å². The normalized spacial score (nSPS) is 17.8. The number of aryl methyl sites for hydroxylation is 1. The van der Waals surface area contributed by atoms with Gasteiger partial charge in [0.1, 0.15) is 5.69 Å². The lowest BCUT2D eigenvalue weighted by atomic mass is 9.98. The van der Waals surface area contributed by atoms with Crippen LogP contribution in [-0.4, -0.2) is 55.9 Å². The predicted molar refractivity (Wildman–Crippen MR) is 120 cm³/mol. The molecule has 0 spiro atoms. The van der Waals surface area contributed by atoms with Crippen LogP contribution in [0.25, 0.3) is 6.08 Å². The van der Waals surface area contributed by atoms with Gasteiger partial charge in [0.15, 0.2) is 10.7 Å². The lowest BCUT2D eigenvalue weighted by molar-refractivity contribution is -0.120. The first-order valence-electron chi connectivity index (χ1n) is 9.98. The third-order valence-corrected chi connectivity index (χ3v) is 7.67. The number of aromatic nitrogens is 1. The maximum Gasteiger partial charge on any atom is 0.248 e. The van der Waals surface area contributed by atoms with Gasteiger partial charge in [-0.1, -0.05) is 22.8 Å². The summed E-state index contributed by atoms with van der Waals surface area (Å²) >= 11 is 6.14. The Bertz CT molecular complexity index is 1090. The SMILES string of the molecule is Cc1noc(/C=C/N(C)C)c1S(=O)(=O)N1CCC[C@H](C(=O)Nc2cccc(Cl)c2C)C1. The molecule has 1 N–H and O–H groups in total. The van der Waals surface area contributed by atoms with Crippen molar-refractivity contribution in [3.63, 3.8) is 0 Å². The van der Waals surface area contributed by atoms with E-state index in [1.807, 2.05) is 21.0 Å². The molecule has 3 rings (SSSR count). The van der Waals surface area contributed by atoms with Crippen LogP contribution in [-0.2, 0) is 14.8 Å². The summed E-state index contributed by atoms with van der Waals surface area (Å²) in [5.41, 5.74) is 1.69. The Morgan fingerprint density at radius 2 is 2.10 bits per heavy atom. The molecule has 1 aromatic heterocycles. The second-order valence-electron chi connectivity index (χ2n) is 7.84. The molecule has 0 unspecified atom stereocenters. The highest BCUT2D eigenvalue weighted by Gasteiger charge is 2.37. The first-order chi connectivity index (χ1) is 14.6. The highest BCUT2D eigenvalue weighted by atomic mass is 35.5. The standard InChI is InChI=1S/C21H27ClN4O4S/c1-14-17(22)8-5-9-18(14)23-21(27)16-7-6-11-26(13-16)31(28,29)20-15(2)24-30-19(20)10-12-25(3)4/h5,8-10,12,16H,6-7,11,13H2,1-4H3,(H,23,27)/b12-10+/t16-/m0/s1. The van der Waals surface area contributed by atoms with E-state index in [-0.39, 0.29) is 23.1 Å². The molecule has 31 heavy (non-hydrogen) atoms. The van der Waals surface area contributed by atoms with Crippen molar-refractivity contribution in [3.8, 4) is 0 Å². The predicted octanol–water partition coefficient (Wildman–Crippen LogP) is 3.52. The van der Waals surface area contributed by atoms with Crippen LogP contribution in [0, 0.1) is 19.8 Å². The minimum absolute atomic E-state index is 0.0392. The van der Waals surface area contributed by atoms with Crippen LogP contribution < -0.4 is 5.32 Å². The van der Waals surface area contributed by atoms with E-state index in [1.165, 1.54) is 4.31 Å². The molecule has 0 radical (unpaired) electrons. The smallest absolute Gasteiger partial charge is 0.248 e. The summed E-state index contributed by atoms with van der Waals surface area (Å²) in [6.45, 7) is 3.85. The topological polar surface area (TPSA) is 95.8 Å². The van der Waals surface area contributed by atoms with Gasteiger partial charge in [0.25, 0.3) is 0 Å². The Hall–Kier alpha value is -2.36. The van der Waals surface area contributed by atoms with E-state index < -0.39 is 15.9 Å². The van der Waals surface area contributed by atoms with E-state index in [0.717, 1.165) is 5.56 Å². The van der Waals surface area contributed by atoms with Gasteiger partial charge in [-0.15, -0.1) is 0 Å². The lowest BCUT2D eigenvalue weighted by Gasteiger charge is -2.31. The molecule has 1 atom stereocenters. The zero-order valence-electron chi connectivity index (χ0n) is 18.1. The Labute approximate surface area is 187 Å². The van der Waals surface area contributed by atoms with Crippen molar-refractivity contribution in [3.05, 3.63) is 46.4 Å². The fourth-order valence-electron chi connectivity index (χ4n) is 3.50. The summed E-state index contributed by atoms with van der Waals surface area (Å²) in [6, 6.07) is 5.30. The maximum absolute atomic E-state index is 13.4. The Kier molecular flexibility index (Phi) is 7.08. The average molecular weight is 467 g/mol. The Morgan fingerprint density at radius 3 is 2.81 bits per heavy atom. The monoisotopic (exact) mass is 466 g/mol. The van der Waals surface area contributed by atoms with Gasteiger partial charge in [-0.2, -0.15) is 4.31 Å². The highest BCUT2D eigenvalue weighted by molar-refractivity contribution is 7.89. The number of nitrogens with one attached hydrogen (secondary N) is 1. The number of carbonyl (C=O) groups excluding carboxylic acids is 1. The third-order valence-electron chi connectivity index (χ3n) is 5.24. The number of amides is 1. The number of rotatable bonds is 6. The molecule has 1 amide bonds. The molecule has 2 heterocycles. The number of carbonyl (C=O) groups is 1. The number of anilines is 1. The van der Waals surface area contributed by atoms with Crippen molar-refractivity contribution < 1.29 is 17.7 Å². The van der Waals surface area contributed by atoms with Crippen LogP contribution in [0.1, 0.15) is 29.9 Å². The number of hydrogen-bond acceptors (Lipinski definition) is 6. The Morgan fingerprint density at radius 1 is 1.35 bits per heavy atom. The second-order valence-corrected chi connectivity index (χ2v) is 10.1. The average Bonchev–Trinajstić information content (AvgIpc) is 3.11. The molecule has 1 aliphatic rings. The highest BCUT2D eigenvalue weighted by Crippen LogP contribution is 2.30. The Balaban J connectivity index is 1.81. The van der Waals surface area contributed by atoms with Gasteiger partial charge in [0, 0.05) is 50.2 Å². The summed E-state index contributed by atoms with van der Waals surface area (Å²) in [6.07, 6.45) is 4.45. The molecule has 1 aromatic carbocycles. The molecule has 1 aliphatic heterocycles. The molecule has 0 aliphatic carbocycles. The largest absolute Gasteiger partial charge is 0.383 e. The molecule has 0 saturated carbocycles. The molecule has 0 bridgehead atoms. The molecule has 10 heteroatoms. The summed E-state index contributed by atoms with van der Waals surface area (Å²) in [5, 5.41) is 7.29. The summed E-state index contributed by atoms with van der Waals surface area (Å²) in [5.74, 6) is -0.518. The molecule has 1 fully saturated rings. The van der Waals surface area contributed by atoms with Crippen LogP contribution in [0.4, 0.5) is 5.69 Å². The van der Waals surface area contributed by atoms with Crippen molar-refractivity contribution in [1.29, 1.82) is 0 Å². The van der Waals surface area contributed by atoms with Crippen LogP contribution >= 0.6 is 11.6 Å². The number of piperidine rings is 1. The number of benzene rings is 1. The van der Waals surface area contributed by atoms with Gasteiger partial charge >= 0.3 is 0 Å². The molecular weight excluding hydrogens is 440 g/mol. The van der Waals surface area contributed by atoms with Crippen LogP contribution in [0.15, 0.2) is 33.8 Å². The summed E-state index contributed by atoms with van der Waals surface area (Å²) in [4.78, 5) is 14.7. The zero-order valence-corrected chi connectivity index (χ0v) is 19.6. The van der Waals surface area contributed by atoms with Crippen molar-refractivity contribution in [1.82, 2.24) is 14.4 Å². The first-order valence-corrected chi connectivity index (χ1v) is 11.8. The fraction of sp³-hybridized carbons (Fsp3) is 0.429. The summed E-state index contributed by atoms with van der Waals surface area (Å²) in [7, 11) is -0.230. The molecule has 8 nitrogen and oxygen atoms in total. The lowest BCUT2D eigenvalue weighted by Crippen LogP contribution is -2.44. The number of halogens is 1. The van der Waals surface area contributed by atoms with Gasteiger partial charge < -0.3 is 14.7 Å². The van der Waals surface area contributed by atoms with Gasteiger partial charge in [-0.3, -0.25) is 4.79 Å². The van der Waals surface area contributed by atoms with Crippen LogP contribution in [0.5, 0.6) is 0 Å². The van der Waals surface area contributed by atoms with Gasteiger partial charge in [0.05, 0.1) is 5.92 Å². The molecule has 1 saturated heterocycles. The maximum atomic E-state index is 13.4. The quantitative estimate of drug-likeness (QED) is 0.699. The fourth-order valence-corrected chi connectivity index (χ4v) is 5.45. The molecule has 2 aromatic rings. The second kappa shape index (κ2) is 9.42. The van der Waals surface area contributed by atoms with Gasteiger partial charge in [0.2, 0.25) is 15.9 Å². The van der Waals surface area contributed by atoms with Crippen LogP contribution in [0.3, 0.4) is 0 Å². The van der Waals surface area contributed by atoms with Crippen LogP contribution in [0.2, 0.25) is 5.02 Å². The van der Waals surface area contributed by atoms with E-state index >= 15 is 0 Å². The third kappa shape index (κ3) is 5.11. The molecule has 168 valence electrons. The van der Waals surface area contributed by atoms with E-state index in [1.54, 1.807) is 42.3 Å². The van der Waals surface area contributed by atoms with Gasteiger partial charge in [-0.25, -0.2) is 8.42 Å². The van der Waals surface area contributed by atoms with Crippen molar-refractivity contribution in [2.45, 2.75) is 31.6 Å². The number of hydrogen-bond donors (Lipinski definition) is 1. The first kappa shape index (κ1) is 23.3. The van der Waals surface area contributed by atoms with E-state index in [9.17, 15) is 13.2 Å². The van der Waals surface area contributed by atoms with E-state index in [0.29, 0.717) is 35.8 Å². The zero-order chi connectivity index (χ0) is 22.8. The van der Waals surface area contributed by atoms with Gasteiger partial charge in [-0.05, 0) is 44.4 Å². The minimum atomic E-state index is -3.88. The molecular formula is C21H27ClN4O4S. The van der Waals surface area contributed by atoms with Crippen molar-refractivity contribution in [2.24, 2.45) is 5.92 Å². The number of nitrogens with zero attached hydrogens (tertiary/aromatic N) is 3. The number of sulfonamides is 1. The minimum Gasteiger partial charge on any atom is -0.383 e.